The van der Waals surface area contributed by atoms with Crippen LogP contribution >= 0.6 is 0 Å². The maximum atomic E-state index is 11.7. The van der Waals surface area contributed by atoms with E-state index in [4.69, 9.17) is 0 Å². The Bertz CT molecular complexity index is 478. The fourth-order valence-electron chi connectivity index (χ4n) is 1.28. The number of carbonyl (C=O) groups excluding carboxylic acids is 1. The standard InChI is InChI=1S/C11H12N4O/c1-2-8-7-10(15-14-8)13-11(16)9-5-3-4-6-12-9/h3-7H,2H2,1H3,(H2,13,14,15,16). The summed E-state index contributed by atoms with van der Waals surface area (Å²) in [6.07, 6.45) is 2.43. The Hall–Kier alpha value is -2.17. The summed E-state index contributed by atoms with van der Waals surface area (Å²) in [7, 11) is 0. The first kappa shape index (κ1) is 10.4. The number of anilines is 1. The van der Waals surface area contributed by atoms with Crippen molar-refractivity contribution in [3.05, 3.63) is 41.9 Å². The number of pyridine rings is 1. The highest BCUT2D eigenvalue weighted by molar-refractivity contribution is 6.02. The number of hydrogen-bond acceptors (Lipinski definition) is 3. The number of carbonyl (C=O) groups is 1. The Morgan fingerprint density at radius 2 is 2.38 bits per heavy atom. The van der Waals surface area contributed by atoms with E-state index in [0.717, 1.165) is 12.1 Å². The normalized spacial score (nSPS) is 10.1. The minimum absolute atomic E-state index is 0.255. The molecule has 5 nitrogen and oxygen atoms in total. The number of nitrogens with zero attached hydrogens (tertiary/aromatic N) is 2. The lowest BCUT2D eigenvalue weighted by Crippen LogP contribution is -2.13. The Morgan fingerprint density at radius 1 is 1.50 bits per heavy atom. The zero-order valence-corrected chi connectivity index (χ0v) is 8.90. The zero-order chi connectivity index (χ0) is 11.4. The molecule has 0 radical (unpaired) electrons. The average Bonchev–Trinajstić information content (AvgIpc) is 2.78. The fourth-order valence-corrected chi connectivity index (χ4v) is 1.28. The summed E-state index contributed by atoms with van der Waals surface area (Å²) in [6, 6.07) is 6.99. The highest BCUT2D eigenvalue weighted by Crippen LogP contribution is 2.07. The van der Waals surface area contributed by atoms with E-state index in [1.165, 1.54) is 0 Å². The summed E-state index contributed by atoms with van der Waals surface area (Å²) in [6.45, 7) is 2.01. The first-order chi connectivity index (χ1) is 7.79. The van der Waals surface area contributed by atoms with Crippen LogP contribution in [0.1, 0.15) is 23.1 Å². The van der Waals surface area contributed by atoms with Gasteiger partial charge in [-0.1, -0.05) is 13.0 Å². The predicted molar refractivity (Wildman–Crippen MR) is 60.2 cm³/mol. The van der Waals surface area contributed by atoms with Crippen molar-refractivity contribution in [2.75, 3.05) is 5.32 Å². The molecule has 16 heavy (non-hydrogen) atoms. The summed E-state index contributed by atoms with van der Waals surface area (Å²) in [5.74, 6) is 0.266. The van der Waals surface area contributed by atoms with Crippen LogP contribution in [0.5, 0.6) is 0 Å². The van der Waals surface area contributed by atoms with Crippen molar-refractivity contribution in [3.8, 4) is 0 Å². The molecule has 0 bridgehead atoms. The molecule has 0 aromatic carbocycles. The third kappa shape index (κ3) is 2.25. The van der Waals surface area contributed by atoms with Crippen LogP contribution < -0.4 is 5.32 Å². The molecule has 82 valence electrons. The minimum atomic E-state index is -0.255. The molecule has 0 aliphatic carbocycles. The average molecular weight is 216 g/mol. The van der Waals surface area contributed by atoms with Gasteiger partial charge in [-0.25, -0.2) is 0 Å². The monoisotopic (exact) mass is 216 g/mol. The van der Waals surface area contributed by atoms with Crippen LogP contribution in [0.25, 0.3) is 0 Å². The molecule has 0 aliphatic rings. The number of amides is 1. The van der Waals surface area contributed by atoms with E-state index in [-0.39, 0.29) is 5.91 Å². The van der Waals surface area contributed by atoms with Crippen molar-refractivity contribution in [2.45, 2.75) is 13.3 Å². The Morgan fingerprint density at radius 3 is 3.00 bits per heavy atom. The molecule has 2 heterocycles. The van der Waals surface area contributed by atoms with Gasteiger partial charge in [-0.3, -0.25) is 14.9 Å². The SMILES string of the molecule is CCc1cc(NC(=O)c2ccccn2)n[nH]1. The van der Waals surface area contributed by atoms with Crippen LogP contribution in [0, 0.1) is 0 Å². The summed E-state index contributed by atoms with van der Waals surface area (Å²) < 4.78 is 0. The summed E-state index contributed by atoms with van der Waals surface area (Å²) in [5, 5.41) is 9.46. The van der Waals surface area contributed by atoms with Crippen LogP contribution in [0.4, 0.5) is 5.82 Å². The molecular weight excluding hydrogens is 204 g/mol. The van der Waals surface area contributed by atoms with Crippen LogP contribution in [-0.2, 0) is 6.42 Å². The van der Waals surface area contributed by atoms with Gasteiger partial charge in [0.25, 0.3) is 5.91 Å². The molecular formula is C11H12N4O. The van der Waals surface area contributed by atoms with E-state index in [2.05, 4.69) is 20.5 Å². The molecule has 0 atom stereocenters. The van der Waals surface area contributed by atoms with E-state index in [1.54, 1.807) is 30.5 Å². The zero-order valence-electron chi connectivity index (χ0n) is 8.90. The molecule has 2 rings (SSSR count). The fraction of sp³-hybridized carbons (Fsp3) is 0.182. The second kappa shape index (κ2) is 4.57. The lowest BCUT2D eigenvalue weighted by Gasteiger charge is -1.99. The van der Waals surface area contributed by atoms with Crippen LogP contribution in [0.2, 0.25) is 0 Å². The summed E-state index contributed by atoms with van der Waals surface area (Å²) >= 11 is 0. The molecule has 2 N–H and O–H groups in total. The van der Waals surface area contributed by atoms with Crippen LogP contribution in [-0.4, -0.2) is 21.1 Å². The molecule has 0 fully saturated rings. The number of hydrogen-bond donors (Lipinski definition) is 2. The number of aryl methyl sites for hydroxylation is 1. The number of rotatable bonds is 3. The molecule has 0 unspecified atom stereocenters. The van der Waals surface area contributed by atoms with E-state index in [0.29, 0.717) is 11.5 Å². The van der Waals surface area contributed by atoms with Gasteiger partial charge in [-0.15, -0.1) is 0 Å². The molecule has 0 spiro atoms. The Balaban J connectivity index is 2.08. The van der Waals surface area contributed by atoms with Crippen molar-refractivity contribution in [2.24, 2.45) is 0 Å². The van der Waals surface area contributed by atoms with Crippen LogP contribution in [0.15, 0.2) is 30.5 Å². The molecule has 2 aromatic heterocycles. The third-order valence-electron chi connectivity index (χ3n) is 2.15. The summed E-state index contributed by atoms with van der Waals surface area (Å²) in [4.78, 5) is 15.6. The number of nitrogens with one attached hydrogen (secondary N) is 2. The van der Waals surface area contributed by atoms with Gasteiger partial charge in [0.15, 0.2) is 5.82 Å². The molecule has 0 saturated heterocycles. The lowest BCUT2D eigenvalue weighted by molar-refractivity contribution is 0.102. The molecule has 5 heteroatoms. The molecule has 2 aromatic rings. The number of aromatic nitrogens is 3. The Labute approximate surface area is 92.9 Å². The molecule has 1 amide bonds. The minimum Gasteiger partial charge on any atom is -0.304 e. The van der Waals surface area contributed by atoms with Gasteiger partial charge >= 0.3 is 0 Å². The highest BCUT2D eigenvalue weighted by Gasteiger charge is 2.08. The van der Waals surface area contributed by atoms with Crippen LogP contribution in [0.3, 0.4) is 0 Å². The number of aromatic amines is 1. The van der Waals surface area contributed by atoms with Gasteiger partial charge in [-0.2, -0.15) is 5.10 Å². The quantitative estimate of drug-likeness (QED) is 0.819. The second-order valence-electron chi connectivity index (χ2n) is 3.30. The maximum absolute atomic E-state index is 11.7. The van der Waals surface area contributed by atoms with E-state index in [1.807, 2.05) is 6.92 Å². The Kier molecular flexibility index (Phi) is 2.95. The highest BCUT2D eigenvalue weighted by atomic mass is 16.1. The van der Waals surface area contributed by atoms with E-state index < -0.39 is 0 Å². The van der Waals surface area contributed by atoms with E-state index >= 15 is 0 Å². The van der Waals surface area contributed by atoms with Gasteiger partial charge in [0.05, 0.1) is 0 Å². The van der Waals surface area contributed by atoms with Crippen molar-refractivity contribution >= 4 is 11.7 Å². The molecule has 0 aliphatic heterocycles. The maximum Gasteiger partial charge on any atom is 0.275 e. The molecule has 0 saturated carbocycles. The van der Waals surface area contributed by atoms with E-state index in [9.17, 15) is 4.79 Å². The van der Waals surface area contributed by atoms with Gasteiger partial charge in [0.1, 0.15) is 5.69 Å². The van der Waals surface area contributed by atoms with Crippen molar-refractivity contribution in [3.63, 3.8) is 0 Å². The second-order valence-corrected chi connectivity index (χ2v) is 3.30. The van der Waals surface area contributed by atoms with Gasteiger partial charge in [-0.05, 0) is 18.6 Å². The van der Waals surface area contributed by atoms with Crippen molar-refractivity contribution in [1.82, 2.24) is 15.2 Å². The van der Waals surface area contributed by atoms with Gasteiger partial charge in [0.2, 0.25) is 0 Å². The van der Waals surface area contributed by atoms with Gasteiger partial charge in [0, 0.05) is 18.0 Å². The van der Waals surface area contributed by atoms with Gasteiger partial charge < -0.3 is 5.32 Å². The third-order valence-corrected chi connectivity index (χ3v) is 2.15. The lowest BCUT2D eigenvalue weighted by atomic mass is 10.3. The largest absolute Gasteiger partial charge is 0.304 e. The number of H-pyrrole nitrogens is 1. The summed E-state index contributed by atoms with van der Waals surface area (Å²) in [5.41, 5.74) is 1.36. The smallest absolute Gasteiger partial charge is 0.275 e. The predicted octanol–water partition coefficient (Wildman–Crippen LogP) is 1.62. The van der Waals surface area contributed by atoms with Crippen molar-refractivity contribution < 1.29 is 4.79 Å². The first-order valence-corrected chi connectivity index (χ1v) is 5.06. The topological polar surface area (TPSA) is 70.7 Å². The van der Waals surface area contributed by atoms with Crippen molar-refractivity contribution in [1.29, 1.82) is 0 Å². The first-order valence-electron chi connectivity index (χ1n) is 5.06.